The number of amides is 2. The minimum atomic E-state index is -0.646. The van der Waals surface area contributed by atoms with Gasteiger partial charge in [-0.25, -0.2) is 0 Å². The molecule has 1 heterocycles. The lowest BCUT2D eigenvalue weighted by atomic mass is 10.1. The highest BCUT2D eigenvalue weighted by Crippen LogP contribution is 2.32. The molecule has 1 fully saturated rings. The molecule has 9 heteroatoms. The van der Waals surface area contributed by atoms with Crippen molar-refractivity contribution in [2.24, 2.45) is 5.92 Å². The molecular formula is C21H19BrCl2N2O4. The highest BCUT2D eigenvalue weighted by Gasteiger charge is 2.37. The van der Waals surface area contributed by atoms with Gasteiger partial charge in [0, 0.05) is 33.8 Å². The molecule has 2 amide bonds. The number of benzene rings is 2. The smallest absolute Gasteiger partial charge is 0.311 e. The summed E-state index contributed by atoms with van der Waals surface area (Å²) in [6, 6.07) is 8.70. The van der Waals surface area contributed by atoms with Crippen LogP contribution in [0.3, 0.4) is 0 Å². The fraction of sp³-hybridized carbons (Fsp3) is 0.286. The average Bonchev–Trinajstić information content (AvgIpc) is 3.10. The third kappa shape index (κ3) is 4.79. The molecule has 3 rings (SSSR count). The van der Waals surface area contributed by atoms with E-state index in [1.165, 1.54) is 4.90 Å². The maximum absolute atomic E-state index is 12.4. The van der Waals surface area contributed by atoms with Gasteiger partial charge in [-0.15, -0.1) is 0 Å². The normalized spacial score (nSPS) is 16.0. The number of halogens is 3. The van der Waals surface area contributed by atoms with Gasteiger partial charge in [-0.2, -0.15) is 0 Å². The molecule has 158 valence electrons. The van der Waals surface area contributed by atoms with Crippen molar-refractivity contribution < 1.29 is 19.1 Å². The average molecular weight is 514 g/mol. The Kier molecular flexibility index (Phi) is 7.06. The first-order valence-electron chi connectivity index (χ1n) is 9.15. The van der Waals surface area contributed by atoms with Crippen molar-refractivity contribution in [2.45, 2.75) is 20.3 Å². The summed E-state index contributed by atoms with van der Waals surface area (Å²) in [4.78, 5) is 38.5. The van der Waals surface area contributed by atoms with Crippen molar-refractivity contribution in [3.05, 3.63) is 56.0 Å². The summed E-state index contributed by atoms with van der Waals surface area (Å²) in [6.07, 6.45) is 0.0217. The molecule has 0 aliphatic carbocycles. The van der Waals surface area contributed by atoms with Crippen molar-refractivity contribution in [1.29, 1.82) is 0 Å². The van der Waals surface area contributed by atoms with Crippen LogP contribution in [-0.2, 0) is 19.1 Å². The van der Waals surface area contributed by atoms with Crippen LogP contribution < -0.4 is 10.2 Å². The van der Waals surface area contributed by atoms with Crippen molar-refractivity contribution in [1.82, 2.24) is 0 Å². The van der Waals surface area contributed by atoms with E-state index in [2.05, 4.69) is 21.2 Å². The Morgan fingerprint density at radius 3 is 2.67 bits per heavy atom. The second-order valence-corrected chi connectivity index (χ2v) is 8.62. The molecule has 0 spiro atoms. The SMILES string of the molecule is Cc1c(Cl)cccc1N1C[C@H](C(=O)OCC(=O)Nc2ccc(Br)c(Cl)c2C)CC1=O. The van der Waals surface area contributed by atoms with E-state index in [4.69, 9.17) is 27.9 Å². The van der Waals surface area contributed by atoms with E-state index in [1.807, 2.05) is 6.92 Å². The summed E-state index contributed by atoms with van der Waals surface area (Å²) < 4.78 is 5.86. The van der Waals surface area contributed by atoms with Crippen LogP contribution in [0.2, 0.25) is 10.0 Å². The largest absolute Gasteiger partial charge is 0.455 e. The minimum Gasteiger partial charge on any atom is -0.455 e. The summed E-state index contributed by atoms with van der Waals surface area (Å²) in [7, 11) is 0. The number of esters is 1. The van der Waals surface area contributed by atoms with Gasteiger partial charge in [0.2, 0.25) is 5.91 Å². The quantitative estimate of drug-likeness (QED) is 0.576. The van der Waals surface area contributed by atoms with Gasteiger partial charge >= 0.3 is 5.97 Å². The zero-order chi connectivity index (χ0) is 22.0. The molecule has 0 bridgehead atoms. The molecule has 1 N–H and O–H groups in total. The van der Waals surface area contributed by atoms with Crippen LogP contribution in [0.5, 0.6) is 0 Å². The molecule has 0 radical (unpaired) electrons. The zero-order valence-electron chi connectivity index (χ0n) is 16.3. The molecule has 0 saturated carbocycles. The summed E-state index contributed by atoms with van der Waals surface area (Å²) in [6.45, 7) is 3.32. The number of ether oxygens (including phenoxy) is 1. The predicted molar refractivity (Wildman–Crippen MR) is 120 cm³/mol. The molecule has 2 aromatic carbocycles. The highest BCUT2D eigenvalue weighted by atomic mass is 79.9. The zero-order valence-corrected chi connectivity index (χ0v) is 19.4. The van der Waals surface area contributed by atoms with Gasteiger partial charge in [0.1, 0.15) is 0 Å². The van der Waals surface area contributed by atoms with Crippen molar-refractivity contribution in [2.75, 3.05) is 23.4 Å². The van der Waals surface area contributed by atoms with E-state index in [0.29, 0.717) is 27.0 Å². The highest BCUT2D eigenvalue weighted by molar-refractivity contribution is 9.10. The van der Waals surface area contributed by atoms with Gasteiger partial charge in [0.05, 0.1) is 10.9 Å². The lowest BCUT2D eigenvalue weighted by molar-refractivity contribution is -0.151. The summed E-state index contributed by atoms with van der Waals surface area (Å²) in [5.41, 5.74) is 2.66. The van der Waals surface area contributed by atoms with E-state index in [-0.39, 0.29) is 18.9 Å². The van der Waals surface area contributed by atoms with Gasteiger partial charge in [-0.05, 0) is 65.2 Å². The summed E-state index contributed by atoms with van der Waals surface area (Å²) in [5, 5.41) is 3.71. The second-order valence-electron chi connectivity index (χ2n) is 6.98. The van der Waals surface area contributed by atoms with Crippen LogP contribution in [-0.4, -0.2) is 30.9 Å². The van der Waals surface area contributed by atoms with Crippen molar-refractivity contribution >= 4 is 68.3 Å². The topological polar surface area (TPSA) is 75.7 Å². The Hall–Kier alpha value is -2.09. The van der Waals surface area contributed by atoms with E-state index >= 15 is 0 Å². The molecule has 30 heavy (non-hydrogen) atoms. The molecule has 1 aliphatic heterocycles. The number of anilines is 2. The third-order valence-corrected chi connectivity index (χ3v) is 6.73. The number of nitrogens with zero attached hydrogens (tertiary/aromatic N) is 1. The van der Waals surface area contributed by atoms with Crippen LogP contribution in [0.15, 0.2) is 34.8 Å². The van der Waals surface area contributed by atoms with Gasteiger partial charge < -0.3 is 15.0 Å². The first kappa shape index (κ1) is 22.6. The van der Waals surface area contributed by atoms with Crippen molar-refractivity contribution in [3.8, 4) is 0 Å². The number of rotatable bonds is 5. The Morgan fingerprint density at radius 2 is 1.93 bits per heavy atom. The van der Waals surface area contributed by atoms with Crippen LogP contribution in [0.4, 0.5) is 11.4 Å². The molecule has 0 aromatic heterocycles. The summed E-state index contributed by atoms with van der Waals surface area (Å²) in [5.74, 6) is -1.91. The van der Waals surface area contributed by atoms with Crippen LogP contribution in [0, 0.1) is 19.8 Å². The number of hydrogen-bond donors (Lipinski definition) is 1. The predicted octanol–water partition coefficient (Wildman–Crippen LogP) is 4.91. The van der Waals surface area contributed by atoms with Crippen molar-refractivity contribution in [3.63, 3.8) is 0 Å². The minimum absolute atomic E-state index is 0.0217. The Morgan fingerprint density at radius 1 is 1.20 bits per heavy atom. The molecular weight excluding hydrogens is 495 g/mol. The monoisotopic (exact) mass is 512 g/mol. The number of carbonyl (C=O) groups is 3. The molecule has 6 nitrogen and oxygen atoms in total. The fourth-order valence-electron chi connectivity index (χ4n) is 3.22. The maximum atomic E-state index is 12.4. The van der Waals surface area contributed by atoms with E-state index < -0.39 is 24.4 Å². The van der Waals surface area contributed by atoms with Gasteiger partial charge in [0.25, 0.3) is 5.91 Å². The van der Waals surface area contributed by atoms with Crippen LogP contribution >= 0.6 is 39.1 Å². The Labute approximate surface area is 192 Å². The first-order valence-corrected chi connectivity index (χ1v) is 10.7. The van der Waals surface area contributed by atoms with E-state index in [0.717, 1.165) is 10.0 Å². The lowest BCUT2D eigenvalue weighted by Gasteiger charge is -2.19. The second kappa shape index (κ2) is 9.37. The maximum Gasteiger partial charge on any atom is 0.311 e. The lowest BCUT2D eigenvalue weighted by Crippen LogP contribution is -2.28. The number of carbonyl (C=O) groups excluding carboxylic acids is 3. The molecule has 0 unspecified atom stereocenters. The van der Waals surface area contributed by atoms with Crippen LogP contribution in [0.25, 0.3) is 0 Å². The van der Waals surface area contributed by atoms with E-state index in [9.17, 15) is 14.4 Å². The van der Waals surface area contributed by atoms with E-state index in [1.54, 1.807) is 37.3 Å². The summed E-state index contributed by atoms with van der Waals surface area (Å²) >= 11 is 15.6. The standard InChI is InChI=1S/C21H19BrCl2N2O4/c1-11-15(23)4-3-5-17(11)26-9-13(8-19(26)28)21(29)30-10-18(27)25-16-7-6-14(22)20(24)12(16)2/h3-7,13H,8-10H2,1-2H3,(H,25,27)/t13-/m1/s1. The molecule has 2 aromatic rings. The van der Waals surface area contributed by atoms with Crippen LogP contribution in [0.1, 0.15) is 17.5 Å². The Balaban J connectivity index is 1.58. The Bertz CT molecular complexity index is 1030. The number of hydrogen-bond acceptors (Lipinski definition) is 4. The van der Waals surface area contributed by atoms with Gasteiger partial charge in [0.15, 0.2) is 6.61 Å². The third-order valence-electron chi connectivity index (χ3n) is 4.95. The van der Waals surface area contributed by atoms with Gasteiger partial charge in [-0.3, -0.25) is 14.4 Å². The fourth-order valence-corrected chi connectivity index (χ4v) is 3.98. The van der Waals surface area contributed by atoms with Gasteiger partial charge in [-0.1, -0.05) is 29.3 Å². The molecule has 1 saturated heterocycles. The number of nitrogens with one attached hydrogen (secondary N) is 1. The molecule has 1 atom stereocenters. The first-order chi connectivity index (χ1) is 14.2. The molecule has 1 aliphatic rings.